The monoisotopic (exact) mass is 261 g/mol. The summed E-state index contributed by atoms with van der Waals surface area (Å²) in [6.07, 6.45) is 4.49. The summed E-state index contributed by atoms with van der Waals surface area (Å²) in [4.78, 5) is 7.02. The average molecular weight is 261 g/mol. The molecule has 3 nitrogen and oxygen atoms in total. The van der Waals surface area contributed by atoms with Crippen LogP contribution in [0.4, 0.5) is 5.82 Å². The van der Waals surface area contributed by atoms with Gasteiger partial charge in [0.2, 0.25) is 0 Å². The van der Waals surface area contributed by atoms with Crippen molar-refractivity contribution < 1.29 is 0 Å². The van der Waals surface area contributed by atoms with Crippen molar-refractivity contribution in [2.24, 2.45) is 5.92 Å². The molecule has 0 aliphatic carbocycles. The van der Waals surface area contributed by atoms with E-state index in [0.29, 0.717) is 12.1 Å². The maximum atomic E-state index is 4.56. The van der Waals surface area contributed by atoms with Gasteiger partial charge in [0.05, 0.1) is 0 Å². The maximum absolute atomic E-state index is 4.56. The number of piperidine rings is 1. The molecule has 2 atom stereocenters. The van der Waals surface area contributed by atoms with E-state index in [1.807, 2.05) is 6.20 Å². The minimum Gasteiger partial charge on any atom is -0.354 e. The first-order chi connectivity index (χ1) is 9.06. The molecule has 1 N–H and O–H groups in total. The molecule has 1 aromatic heterocycles. The Hall–Kier alpha value is -1.09. The number of nitrogens with zero attached hydrogens (tertiary/aromatic N) is 2. The Morgan fingerprint density at radius 1 is 1.42 bits per heavy atom. The Bertz CT molecular complexity index is 403. The zero-order valence-corrected chi connectivity index (χ0v) is 12.7. The van der Waals surface area contributed by atoms with Crippen LogP contribution in [0.1, 0.15) is 46.1 Å². The van der Waals surface area contributed by atoms with Crippen molar-refractivity contribution in [3.05, 3.63) is 23.9 Å². The zero-order chi connectivity index (χ0) is 13.8. The third-order valence-electron chi connectivity index (χ3n) is 3.96. The first-order valence-corrected chi connectivity index (χ1v) is 7.51. The minimum absolute atomic E-state index is 0.520. The van der Waals surface area contributed by atoms with Gasteiger partial charge in [-0.15, -0.1) is 0 Å². The molecule has 1 aliphatic rings. The van der Waals surface area contributed by atoms with Crippen LogP contribution in [0.5, 0.6) is 0 Å². The van der Waals surface area contributed by atoms with Crippen molar-refractivity contribution in [2.75, 3.05) is 11.4 Å². The molecule has 2 heterocycles. The van der Waals surface area contributed by atoms with Crippen LogP contribution in [0, 0.1) is 5.92 Å². The smallest absolute Gasteiger partial charge is 0.129 e. The highest BCUT2D eigenvalue weighted by Crippen LogP contribution is 2.26. The van der Waals surface area contributed by atoms with Crippen LogP contribution in [0.25, 0.3) is 0 Å². The standard InChI is InChI=1S/C16H27N3/c1-12(2)18-11-15-5-7-17-16(10-15)19-8-6-13(3)9-14(19)4/h5,7,10,12-14,18H,6,8-9,11H2,1-4H3. The van der Waals surface area contributed by atoms with Gasteiger partial charge in [-0.25, -0.2) is 4.98 Å². The lowest BCUT2D eigenvalue weighted by Gasteiger charge is -2.37. The van der Waals surface area contributed by atoms with E-state index in [2.05, 4.69) is 55.0 Å². The number of hydrogen-bond acceptors (Lipinski definition) is 3. The lowest BCUT2D eigenvalue weighted by atomic mass is 9.93. The fourth-order valence-corrected chi connectivity index (χ4v) is 2.80. The SMILES string of the molecule is CC1CCN(c2cc(CNC(C)C)ccn2)C(C)C1. The predicted octanol–water partition coefficient (Wildman–Crippen LogP) is 3.20. The molecule has 0 radical (unpaired) electrons. The Labute approximate surface area is 117 Å². The Kier molecular flexibility index (Phi) is 4.81. The first kappa shape index (κ1) is 14.3. The van der Waals surface area contributed by atoms with E-state index in [4.69, 9.17) is 0 Å². The highest BCUT2D eigenvalue weighted by molar-refractivity contribution is 5.42. The molecule has 2 unspecified atom stereocenters. The van der Waals surface area contributed by atoms with Crippen molar-refractivity contribution in [1.29, 1.82) is 0 Å². The third kappa shape index (κ3) is 3.93. The second-order valence-electron chi connectivity index (χ2n) is 6.23. The number of anilines is 1. The molecule has 3 heteroatoms. The molecule has 0 aromatic carbocycles. The molecule has 2 rings (SSSR count). The van der Waals surface area contributed by atoms with Gasteiger partial charge in [0.25, 0.3) is 0 Å². The van der Waals surface area contributed by atoms with E-state index >= 15 is 0 Å². The van der Waals surface area contributed by atoms with Crippen LogP contribution >= 0.6 is 0 Å². The van der Waals surface area contributed by atoms with E-state index in [-0.39, 0.29) is 0 Å². The Balaban J connectivity index is 2.05. The molecule has 0 amide bonds. The first-order valence-electron chi connectivity index (χ1n) is 7.51. The summed E-state index contributed by atoms with van der Waals surface area (Å²) in [7, 11) is 0. The summed E-state index contributed by atoms with van der Waals surface area (Å²) in [5.74, 6) is 1.99. The quantitative estimate of drug-likeness (QED) is 0.902. The van der Waals surface area contributed by atoms with Gasteiger partial charge >= 0.3 is 0 Å². The van der Waals surface area contributed by atoms with Crippen LogP contribution in [0.3, 0.4) is 0 Å². The van der Waals surface area contributed by atoms with E-state index in [1.54, 1.807) is 0 Å². The second kappa shape index (κ2) is 6.38. The largest absolute Gasteiger partial charge is 0.354 e. The van der Waals surface area contributed by atoms with Crippen LogP contribution in [-0.2, 0) is 6.54 Å². The second-order valence-corrected chi connectivity index (χ2v) is 6.23. The number of aromatic nitrogens is 1. The summed E-state index contributed by atoms with van der Waals surface area (Å²) in [5.41, 5.74) is 1.32. The molecule has 19 heavy (non-hydrogen) atoms. The fraction of sp³-hybridized carbons (Fsp3) is 0.688. The molecule has 1 saturated heterocycles. The van der Waals surface area contributed by atoms with Gasteiger partial charge in [0.1, 0.15) is 5.82 Å². The van der Waals surface area contributed by atoms with E-state index in [9.17, 15) is 0 Å². The molecule has 1 aromatic rings. The summed E-state index contributed by atoms with van der Waals surface area (Å²) in [5, 5.41) is 3.46. The topological polar surface area (TPSA) is 28.2 Å². The Morgan fingerprint density at radius 2 is 2.21 bits per heavy atom. The number of nitrogens with one attached hydrogen (secondary N) is 1. The maximum Gasteiger partial charge on any atom is 0.129 e. The molecule has 0 saturated carbocycles. The molecular weight excluding hydrogens is 234 g/mol. The van der Waals surface area contributed by atoms with Crippen LogP contribution in [0.15, 0.2) is 18.3 Å². The van der Waals surface area contributed by atoms with Gasteiger partial charge < -0.3 is 10.2 Å². The summed E-state index contributed by atoms with van der Waals surface area (Å²) < 4.78 is 0. The normalized spacial score (nSPS) is 23.9. The molecule has 106 valence electrons. The number of pyridine rings is 1. The van der Waals surface area contributed by atoms with Crippen LogP contribution in [0.2, 0.25) is 0 Å². The number of hydrogen-bond donors (Lipinski definition) is 1. The molecular formula is C16H27N3. The van der Waals surface area contributed by atoms with Crippen LogP contribution < -0.4 is 10.2 Å². The van der Waals surface area contributed by atoms with Crippen LogP contribution in [-0.4, -0.2) is 23.6 Å². The molecule has 0 bridgehead atoms. The fourth-order valence-electron chi connectivity index (χ4n) is 2.80. The molecule has 1 aliphatic heterocycles. The van der Waals surface area contributed by atoms with E-state index < -0.39 is 0 Å². The highest BCUT2D eigenvalue weighted by atomic mass is 15.2. The van der Waals surface area contributed by atoms with Crippen molar-refractivity contribution in [1.82, 2.24) is 10.3 Å². The summed E-state index contributed by atoms with van der Waals surface area (Å²) >= 11 is 0. The minimum atomic E-state index is 0.520. The summed E-state index contributed by atoms with van der Waals surface area (Å²) in [6.45, 7) is 11.1. The molecule has 1 fully saturated rings. The van der Waals surface area contributed by atoms with Gasteiger partial charge in [-0.1, -0.05) is 20.8 Å². The van der Waals surface area contributed by atoms with Gasteiger partial charge in [0.15, 0.2) is 0 Å². The van der Waals surface area contributed by atoms with Gasteiger partial charge in [-0.05, 0) is 43.4 Å². The van der Waals surface area contributed by atoms with Gasteiger partial charge in [-0.3, -0.25) is 0 Å². The number of rotatable bonds is 4. The van der Waals surface area contributed by atoms with Gasteiger partial charge in [0, 0.05) is 31.4 Å². The zero-order valence-electron chi connectivity index (χ0n) is 12.7. The van der Waals surface area contributed by atoms with Crippen molar-refractivity contribution in [3.63, 3.8) is 0 Å². The van der Waals surface area contributed by atoms with E-state index in [0.717, 1.165) is 24.8 Å². The summed E-state index contributed by atoms with van der Waals surface area (Å²) in [6, 6.07) is 5.47. The lowest BCUT2D eigenvalue weighted by molar-refractivity contribution is 0.376. The van der Waals surface area contributed by atoms with Crippen molar-refractivity contribution in [2.45, 2.75) is 59.2 Å². The van der Waals surface area contributed by atoms with E-state index in [1.165, 1.54) is 18.4 Å². The molecule has 0 spiro atoms. The predicted molar refractivity (Wildman–Crippen MR) is 81.4 cm³/mol. The van der Waals surface area contributed by atoms with Crippen molar-refractivity contribution >= 4 is 5.82 Å². The van der Waals surface area contributed by atoms with Crippen molar-refractivity contribution in [3.8, 4) is 0 Å². The highest BCUT2D eigenvalue weighted by Gasteiger charge is 2.23. The third-order valence-corrected chi connectivity index (χ3v) is 3.96. The van der Waals surface area contributed by atoms with Gasteiger partial charge in [-0.2, -0.15) is 0 Å². The lowest BCUT2D eigenvalue weighted by Crippen LogP contribution is -2.40. The average Bonchev–Trinajstić information content (AvgIpc) is 2.36. The Morgan fingerprint density at radius 3 is 2.89 bits per heavy atom.